The number of halogens is 1. The van der Waals surface area contributed by atoms with Crippen molar-refractivity contribution in [2.45, 2.75) is 109 Å². The summed E-state index contributed by atoms with van der Waals surface area (Å²) in [6.45, 7) is 18.3. The van der Waals surface area contributed by atoms with Gasteiger partial charge in [0.1, 0.15) is 13.2 Å². The zero-order chi connectivity index (χ0) is 42.1. The number of rotatable bonds is 15. The van der Waals surface area contributed by atoms with E-state index in [0.29, 0.717) is 17.9 Å². The van der Waals surface area contributed by atoms with Gasteiger partial charge in [0, 0.05) is 17.6 Å². The lowest BCUT2D eigenvalue weighted by Crippen LogP contribution is -2.67. The smallest absolute Gasteiger partial charge is 0.410 e. The Kier molecular flexibility index (Phi) is 15.2. The molecule has 1 aliphatic heterocycles. The van der Waals surface area contributed by atoms with Gasteiger partial charge in [0.05, 0.1) is 29.6 Å². The van der Waals surface area contributed by atoms with Crippen LogP contribution in [0.5, 0.6) is 0 Å². The first kappa shape index (κ1) is 45.3. The molecule has 1 saturated heterocycles. The highest BCUT2D eigenvalue weighted by atomic mass is 79.9. The van der Waals surface area contributed by atoms with Crippen LogP contribution < -0.4 is 21.0 Å². The second-order valence-corrected chi connectivity index (χ2v) is 27.8. The van der Waals surface area contributed by atoms with Crippen molar-refractivity contribution in [2.24, 2.45) is 0 Å². The zero-order valence-corrected chi connectivity index (χ0v) is 39.0. The van der Waals surface area contributed by atoms with Crippen LogP contribution in [0.4, 0.5) is 16.2 Å². The molecule has 12 heteroatoms. The molecule has 4 aromatic rings. The number of hydrogen-bond acceptors (Lipinski definition) is 7. The van der Waals surface area contributed by atoms with E-state index in [-0.39, 0.29) is 54.3 Å². The SMILES string of the molecule is CC(C)(C)[Si](C)(C)O[C@H]1CCCN(C(=O)OCc2ccccc2)[C@@H]1CC(O)CNc1ccc(Br)cc1NC(=O)CO[Si](c1ccccc1)(c1ccccc1)C(C)(C)C. The van der Waals surface area contributed by atoms with Crippen LogP contribution in [0.25, 0.3) is 0 Å². The van der Waals surface area contributed by atoms with Gasteiger partial charge in [-0.05, 0) is 76.6 Å². The number of amides is 2. The number of likely N-dealkylation sites (tertiary alicyclic amines) is 1. The number of nitrogens with zero attached hydrogens (tertiary/aromatic N) is 1. The summed E-state index contributed by atoms with van der Waals surface area (Å²) in [6, 6.07) is 35.3. The summed E-state index contributed by atoms with van der Waals surface area (Å²) >= 11 is 3.57. The van der Waals surface area contributed by atoms with Gasteiger partial charge in [0.25, 0.3) is 8.32 Å². The monoisotopic (exact) mass is 887 g/mol. The number of carbonyl (C=O) groups is 2. The number of ether oxygens (including phenoxy) is 1. The number of nitrogens with one attached hydrogen (secondary N) is 2. The molecule has 4 aromatic carbocycles. The third-order valence-electron chi connectivity index (χ3n) is 11.5. The van der Waals surface area contributed by atoms with Crippen LogP contribution >= 0.6 is 15.9 Å². The van der Waals surface area contributed by atoms with Crippen LogP contribution in [0, 0.1) is 0 Å². The quantitative estimate of drug-likeness (QED) is 0.102. The minimum atomic E-state index is -2.94. The van der Waals surface area contributed by atoms with Crippen molar-refractivity contribution in [3.63, 3.8) is 0 Å². The zero-order valence-electron chi connectivity index (χ0n) is 35.4. The van der Waals surface area contributed by atoms with Gasteiger partial charge in [-0.25, -0.2) is 4.79 Å². The highest BCUT2D eigenvalue weighted by Gasteiger charge is 2.50. The summed E-state index contributed by atoms with van der Waals surface area (Å²) < 4.78 is 20.5. The average molecular weight is 889 g/mol. The van der Waals surface area contributed by atoms with Gasteiger partial charge >= 0.3 is 6.09 Å². The Morgan fingerprint density at radius 3 is 2.00 bits per heavy atom. The minimum absolute atomic E-state index is 0.0270. The van der Waals surface area contributed by atoms with E-state index in [9.17, 15) is 14.7 Å². The van der Waals surface area contributed by atoms with E-state index in [0.717, 1.165) is 33.3 Å². The van der Waals surface area contributed by atoms with Gasteiger partial charge < -0.3 is 34.2 Å². The van der Waals surface area contributed by atoms with Gasteiger partial charge in [-0.2, -0.15) is 0 Å². The summed E-state index contributed by atoms with van der Waals surface area (Å²) in [5, 5.41) is 20.0. The Morgan fingerprint density at radius 1 is 0.845 bits per heavy atom. The van der Waals surface area contributed by atoms with Crippen molar-refractivity contribution in [3.05, 3.63) is 119 Å². The lowest BCUT2D eigenvalue weighted by molar-refractivity contribution is -0.118. The van der Waals surface area contributed by atoms with Crippen LogP contribution in [-0.4, -0.2) is 76.6 Å². The predicted molar refractivity (Wildman–Crippen MR) is 244 cm³/mol. The maximum atomic E-state index is 13.8. The molecule has 9 nitrogen and oxygen atoms in total. The molecule has 1 unspecified atom stereocenters. The van der Waals surface area contributed by atoms with Crippen LogP contribution in [0.1, 0.15) is 66.4 Å². The Balaban J connectivity index is 1.30. The molecule has 0 saturated carbocycles. The minimum Gasteiger partial charge on any atom is -0.445 e. The molecule has 1 aliphatic rings. The normalized spacial score (nSPS) is 17.0. The molecular weight excluding hydrogens is 827 g/mol. The molecule has 0 bridgehead atoms. The lowest BCUT2D eigenvalue weighted by Gasteiger charge is -2.46. The fourth-order valence-electron chi connectivity index (χ4n) is 7.51. The Labute approximate surface area is 356 Å². The van der Waals surface area contributed by atoms with E-state index in [2.05, 4.69) is 105 Å². The predicted octanol–water partition coefficient (Wildman–Crippen LogP) is 9.32. The second kappa shape index (κ2) is 19.5. The number of aliphatic hydroxyl groups excluding tert-OH is 1. The maximum Gasteiger partial charge on any atom is 0.410 e. The molecule has 3 atom stereocenters. The van der Waals surface area contributed by atoms with Crippen molar-refractivity contribution >= 4 is 66.3 Å². The van der Waals surface area contributed by atoms with Crippen molar-refractivity contribution in [2.75, 3.05) is 30.3 Å². The highest BCUT2D eigenvalue weighted by molar-refractivity contribution is 9.10. The van der Waals surface area contributed by atoms with Crippen molar-refractivity contribution in [3.8, 4) is 0 Å². The first-order valence-electron chi connectivity index (χ1n) is 20.3. The van der Waals surface area contributed by atoms with Gasteiger partial charge in [-0.15, -0.1) is 0 Å². The summed E-state index contributed by atoms with van der Waals surface area (Å²) in [5.41, 5.74) is 2.12. The molecule has 0 radical (unpaired) electrons. The molecule has 5 rings (SSSR count). The first-order valence-corrected chi connectivity index (χ1v) is 25.9. The third-order valence-corrected chi connectivity index (χ3v) is 21.5. The van der Waals surface area contributed by atoms with Crippen LogP contribution in [0.3, 0.4) is 0 Å². The number of anilines is 2. The van der Waals surface area contributed by atoms with Crippen LogP contribution in [0.15, 0.2) is 114 Å². The van der Waals surface area contributed by atoms with Gasteiger partial charge in [-0.1, -0.05) is 148 Å². The standard InChI is InChI=1S/C46H62BrN3O6Si2/c1-45(2,3)57(7,8)56-42-25-18-28-50(44(53)54-32-34-19-12-9-13-20-34)41(42)30-36(51)31-48-39-27-26-35(47)29-40(39)49-43(52)33-55-58(46(4,5)6,37-21-14-10-15-22-37)38-23-16-11-17-24-38/h9-17,19-24,26-27,29,36,41-42,48,51H,18,25,28,30-33H2,1-8H3,(H,49,52)/t36?,41-,42+/m1/s1. The number of aliphatic hydroxyl groups is 1. The molecule has 0 aliphatic carbocycles. The number of piperidine rings is 1. The largest absolute Gasteiger partial charge is 0.445 e. The van der Waals surface area contributed by atoms with E-state index < -0.39 is 28.8 Å². The van der Waals surface area contributed by atoms with Gasteiger partial charge in [-0.3, -0.25) is 4.79 Å². The fraction of sp³-hybridized carbons (Fsp3) is 0.435. The molecule has 1 heterocycles. The van der Waals surface area contributed by atoms with Crippen molar-refractivity contribution in [1.82, 2.24) is 4.90 Å². The van der Waals surface area contributed by atoms with E-state index in [1.807, 2.05) is 84.9 Å². The van der Waals surface area contributed by atoms with E-state index in [1.54, 1.807) is 4.90 Å². The third kappa shape index (κ3) is 11.3. The summed E-state index contributed by atoms with van der Waals surface area (Å²) in [5.74, 6) is -0.285. The van der Waals surface area contributed by atoms with Crippen LogP contribution in [0.2, 0.25) is 23.2 Å². The number of benzene rings is 4. The Morgan fingerprint density at radius 2 is 1.43 bits per heavy atom. The van der Waals surface area contributed by atoms with Crippen LogP contribution in [-0.2, 0) is 25.0 Å². The molecule has 0 aromatic heterocycles. The molecule has 3 N–H and O–H groups in total. The van der Waals surface area contributed by atoms with E-state index >= 15 is 0 Å². The summed E-state index contributed by atoms with van der Waals surface area (Å²) in [7, 11) is -5.15. The molecule has 58 heavy (non-hydrogen) atoms. The Bertz CT molecular complexity index is 1900. The molecule has 0 spiro atoms. The average Bonchev–Trinajstić information content (AvgIpc) is 3.17. The molecule has 312 valence electrons. The Hall–Kier alpha value is -3.79. The first-order chi connectivity index (χ1) is 27.4. The van der Waals surface area contributed by atoms with Gasteiger partial charge in [0.15, 0.2) is 8.32 Å². The highest BCUT2D eigenvalue weighted by Crippen LogP contribution is 2.40. The number of hydrogen-bond donors (Lipinski definition) is 3. The molecule has 1 fully saturated rings. The lowest BCUT2D eigenvalue weighted by atomic mass is 9.94. The van der Waals surface area contributed by atoms with Gasteiger partial charge in [0.2, 0.25) is 5.91 Å². The maximum absolute atomic E-state index is 13.8. The summed E-state index contributed by atoms with van der Waals surface area (Å²) in [4.78, 5) is 29.2. The molecular formula is C46H62BrN3O6Si2. The molecule has 2 amide bonds. The van der Waals surface area contributed by atoms with Crippen molar-refractivity contribution < 1.29 is 28.3 Å². The van der Waals surface area contributed by atoms with E-state index in [4.69, 9.17) is 13.6 Å². The second-order valence-electron chi connectivity index (χ2n) is 17.8. The van der Waals surface area contributed by atoms with Crippen molar-refractivity contribution in [1.29, 1.82) is 0 Å². The fourth-order valence-corrected chi connectivity index (χ4v) is 13.8. The summed E-state index contributed by atoms with van der Waals surface area (Å²) in [6.07, 6.45) is 0.369. The van der Waals surface area contributed by atoms with E-state index in [1.165, 1.54) is 0 Å². The topological polar surface area (TPSA) is 109 Å². The number of carbonyl (C=O) groups excluding carboxylic acids is 2.